The molecule has 6 aliphatic heterocycles. The number of ether oxygens (including phenoxy) is 6. The Morgan fingerprint density at radius 2 is 0.500 bits per heavy atom. The molecule has 0 aromatic rings. The van der Waals surface area contributed by atoms with Gasteiger partial charge in [0.15, 0.2) is 13.1 Å². The van der Waals surface area contributed by atoms with Crippen LogP contribution in [0.5, 0.6) is 0 Å². The molecular formula is C78H145N10O12+. The van der Waals surface area contributed by atoms with Crippen molar-refractivity contribution in [2.24, 2.45) is 0 Å². The highest BCUT2D eigenvalue weighted by Crippen LogP contribution is 2.44. The third kappa shape index (κ3) is 22.0. The number of carbonyl (C=O) groups is 6. The van der Waals surface area contributed by atoms with Crippen LogP contribution >= 0.6 is 0 Å². The summed E-state index contributed by atoms with van der Waals surface area (Å²) in [4.78, 5) is 106. The van der Waals surface area contributed by atoms with E-state index in [4.69, 9.17) is 28.4 Å². The van der Waals surface area contributed by atoms with Gasteiger partial charge in [-0.25, -0.2) is 9.59 Å². The number of nitrogens with zero attached hydrogens (tertiary/aromatic N) is 9. The minimum absolute atomic E-state index is 0.106. The maximum absolute atomic E-state index is 15.3. The van der Waals surface area contributed by atoms with E-state index in [1.54, 1.807) is 4.90 Å². The summed E-state index contributed by atoms with van der Waals surface area (Å²) in [6.07, 6.45) is 5.21. The van der Waals surface area contributed by atoms with Gasteiger partial charge in [0, 0.05) is 170 Å². The fourth-order valence-electron chi connectivity index (χ4n) is 18.7. The van der Waals surface area contributed by atoms with Crippen LogP contribution < -0.4 is 5.32 Å². The van der Waals surface area contributed by atoms with Gasteiger partial charge in [0.05, 0.1) is 39.3 Å². The fraction of sp³-hybridized carbons (Fsp3) is 0.923. The predicted molar refractivity (Wildman–Crippen MR) is 396 cm³/mol. The van der Waals surface area contributed by atoms with Gasteiger partial charge in [-0.2, -0.15) is 0 Å². The van der Waals surface area contributed by atoms with Gasteiger partial charge in [0.25, 0.3) is 0 Å². The number of nitrogens with one attached hydrogen (secondary N) is 1. The molecule has 6 saturated heterocycles. The number of rotatable bonds is 27. The molecule has 0 aliphatic carbocycles. The van der Waals surface area contributed by atoms with E-state index in [1.807, 2.05) is 4.90 Å². The second kappa shape index (κ2) is 31.1. The summed E-state index contributed by atoms with van der Waals surface area (Å²) in [7, 11) is 12.7. The molecule has 0 atom stereocenters. The molecule has 0 amide bonds. The Labute approximate surface area is 606 Å². The molecule has 1 N–H and O–H groups in total. The number of piperidine rings is 6. The van der Waals surface area contributed by atoms with Gasteiger partial charge in [0.1, 0.15) is 36.6 Å². The second-order valence-electron chi connectivity index (χ2n) is 39.5. The van der Waals surface area contributed by atoms with Gasteiger partial charge >= 0.3 is 35.8 Å². The van der Waals surface area contributed by atoms with Crippen LogP contribution in [0.25, 0.3) is 0 Å². The number of carbonyl (C=O) groups excluding carboxylic acids is 6. The van der Waals surface area contributed by atoms with Crippen LogP contribution in [0.15, 0.2) is 0 Å². The molecule has 0 saturated carbocycles. The maximum Gasteiger partial charge on any atom is 0.362 e. The zero-order valence-electron chi connectivity index (χ0n) is 68.9. The molecule has 6 heterocycles. The van der Waals surface area contributed by atoms with E-state index >= 15 is 9.59 Å². The molecule has 0 aromatic carbocycles. The normalized spacial score (nSPS) is 26.0. The van der Waals surface area contributed by atoms with E-state index < -0.39 is 48.0 Å². The first-order chi connectivity index (χ1) is 45.2. The summed E-state index contributed by atoms with van der Waals surface area (Å²) in [5, 5.41) is 3.37. The van der Waals surface area contributed by atoms with Crippen molar-refractivity contribution in [2.45, 2.75) is 346 Å². The van der Waals surface area contributed by atoms with Gasteiger partial charge in [-0.05, 0) is 208 Å². The Bertz CT molecular complexity index is 2620. The zero-order valence-corrected chi connectivity index (χ0v) is 68.9. The van der Waals surface area contributed by atoms with Crippen LogP contribution in [0.1, 0.15) is 243 Å². The molecular weight excluding hydrogens is 1270 g/mol. The lowest BCUT2D eigenvalue weighted by Crippen LogP contribution is -2.63. The molecule has 578 valence electrons. The van der Waals surface area contributed by atoms with Crippen molar-refractivity contribution in [3.8, 4) is 0 Å². The van der Waals surface area contributed by atoms with Crippen molar-refractivity contribution < 1.29 is 61.7 Å². The molecule has 22 nitrogen and oxygen atoms in total. The number of quaternary nitrogens is 1. The fourth-order valence-corrected chi connectivity index (χ4v) is 18.7. The first-order valence-electron chi connectivity index (χ1n) is 37.9. The second-order valence-corrected chi connectivity index (χ2v) is 39.5. The van der Waals surface area contributed by atoms with Crippen LogP contribution in [0.4, 0.5) is 0 Å². The lowest BCUT2D eigenvalue weighted by atomic mass is 9.78. The number of hydrogen-bond acceptors (Lipinski definition) is 21. The summed E-state index contributed by atoms with van der Waals surface area (Å²) in [5.74, 6) is -2.72. The summed E-state index contributed by atoms with van der Waals surface area (Å²) < 4.78 is 38.6. The van der Waals surface area contributed by atoms with Gasteiger partial charge in [0.2, 0.25) is 0 Å². The average Bonchev–Trinajstić information content (AvgIpc) is 0.811. The minimum atomic E-state index is -0.475. The molecule has 100 heavy (non-hydrogen) atoms. The standard InChI is InChI=1S/C78H145N10O12/c1-67(2)37-55(38-68(3,4)80(67)25)95-61(89)49-79-31-35-88(53-65(93)99-59-45-75(17,18)84(29)76(19,20)46-59,54-66(94)100-60-47-77(21,22)85(30)78(23,24)48-60)36-34-86(50-62(90)96-56-39-69(5,6)81(26)70(7,8)40-56)32-33-87(51-63(91)97-57-41-71(9,10)82(27)72(11,12)42-57)52-64(92)98-58-43-73(13,14)83(28)74(15,16)44-58/h55-60,79H,31-54H2,1-30H3/q+1. The minimum Gasteiger partial charge on any atom is -0.461 e. The Morgan fingerprint density at radius 3 is 0.740 bits per heavy atom. The third-order valence-electron chi connectivity index (χ3n) is 26.1. The Morgan fingerprint density at radius 1 is 0.300 bits per heavy atom. The summed E-state index contributed by atoms with van der Waals surface area (Å²) in [6, 6.07) is 0. The first kappa shape index (κ1) is 85.3. The predicted octanol–water partition coefficient (Wildman–Crippen LogP) is 9.16. The average molecular weight is 1420 g/mol. The highest BCUT2D eigenvalue weighted by atomic mass is 16.6. The Kier molecular flexibility index (Phi) is 26.5. The van der Waals surface area contributed by atoms with Crippen molar-refractivity contribution >= 4 is 35.8 Å². The zero-order chi connectivity index (χ0) is 76.0. The van der Waals surface area contributed by atoms with Crippen LogP contribution in [0, 0.1) is 0 Å². The third-order valence-corrected chi connectivity index (χ3v) is 26.1. The van der Waals surface area contributed by atoms with E-state index in [0.29, 0.717) is 77.0 Å². The molecule has 6 aliphatic rings. The molecule has 6 fully saturated rings. The van der Waals surface area contributed by atoms with E-state index in [1.165, 1.54) is 0 Å². The van der Waals surface area contributed by atoms with Gasteiger partial charge in [-0.15, -0.1) is 0 Å². The van der Waals surface area contributed by atoms with Crippen LogP contribution in [0.2, 0.25) is 0 Å². The SMILES string of the molecule is CN1C(C)(C)CC(OC(=O)CNCC[N+](CCN(CCN(CC(=O)OC2CC(C)(C)N(C)C(C)(C)C2)CC(=O)OC2CC(C)(C)N(C)C(C)(C)C2)CC(=O)OC2CC(C)(C)N(C)C(C)(C)C2)(CC(=O)OC2CC(C)(C)N(C)C(C)(C)C2)CC(=O)OC2CC(C)(C)N(C)C(C)(C)C2)CC1(C)C. The lowest BCUT2D eigenvalue weighted by molar-refractivity contribution is -0.913. The highest BCUT2D eigenvalue weighted by molar-refractivity contribution is 5.76. The highest BCUT2D eigenvalue weighted by Gasteiger charge is 2.51. The number of esters is 6. The quantitative estimate of drug-likeness (QED) is 0.0353. The molecule has 6 rings (SSSR count). The number of hydrogen-bond donors (Lipinski definition) is 1. The Hall–Kier alpha value is -3.58. The van der Waals surface area contributed by atoms with E-state index in [2.05, 4.69) is 243 Å². The topological polar surface area (TPSA) is 196 Å². The lowest BCUT2D eigenvalue weighted by Gasteiger charge is -2.53. The van der Waals surface area contributed by atoms with E-state index in [-0.39, 0.29) is 174 Å². The molecule has 0 unspecified atom stereocenters. The Balaban J connectivity index is 1.40. The van der Waals surface area contributed by atoms with Crippen molar-refractivity contribution in [3.63, 3.8) is 0 Å². The van der Waals surface area contributed by atoms with E-state index in [0.717, 1.165) is 0 Å². The van der Waals surface area contributed by atoms with E-state index in [9.17, 15) is 19.2 Å². The summed E-state index contributed by atoms with van der Waals surface area (Å²) in [5.41, 5.74) is -3.20. The monoisotopic (exact) mass is 1410 g/mol. The van der Waals surface area contributed by atoms with Crippen LogP contribution in [-0.2, 0) is 57.2 Å². The molecule has 0 aromatic heterocycles. The molecule has 0 spiro atoms. The van der Waals surface area contributed by atoms with Crippen molar-refractivity contribution in [2.75, 3.05) is 121 Å². The smallest absolute Gasteiger partial charge is 0.362 e. The van der Waals surface area contributed by atoms with Gasteiger partial charge in [-0.3, -0.25) is 58.4 Å². The first-order valence-corrected chi connectivity index (χ1v) is 37.9. The largest absolute Gasteiger partial charge is 0.461 e. The van der Waals surface area contributed by atoms with Crippen LogP contribution in [-0.4, -0.2) is 303 Å². The van der Waals surface area contributed by atoms with Gasteiger partial charge in [-0.1, -0.05) is 0 Å². The summed E-state index contributed by atoms with van der Waals surface area (Å²) in [6.45, 7) is 51.7. The maximum atomic E-state index is 15.3. The van der Waals surface area contributed by atoms with Gasteiger partial charge < -0.3 is 38.2 Å². The summed E-state index contributed by atoms with van der Waals surface area (Å²) >= 11 is 0. The van der Waals surface area contributed by atoms with Crippen molar-refractivity contribution in [1.82, 2.24) is 44.5 Å². The van der Waals surface area contributed by atoms with Crippen LogP contribution in [0.3, 0.4) is 0 Å². The van der Waals surface area contributed by atoms with Crippen molar-refractivity contribution in [1.29, 1.82) is 0 Å². The number of likely N-dealkylation sites (tertiary alicyclic amines) is 6. The molecule has 0 bridgehead atoms. The van der Waals surface area contributed by atoms with Crippen molar-refractivity contribution in [3.05, 3.63) is 0 Å². The molecule has 22 heteroatoms. The molecule has 0 radical (unpaired) electrons.